The summed E-state index contributed by atoms with van der Waals surface area (Å²) >= 11 is 0. The Bertz CT molecular complexity index is 3300. The van der Waals surface area contributed by atoms with E-state index in [1.54, 1.807) is 0 Å². The summed E-state index contributed by atoms with van der Waals surface area (Å²) in [6.45, 7) is 21.9. The summed E-state index contributed by atoms with van der Waals surface area (Å²) in [5.41, 5.74) is 16.1. The molecule has 0 fully saturated rings. The Morgan fingerprint density at radius 2 is 0.848 bits per heavy atom. The summed E-state index contributed by atoms with van der Waals surface area (Å²) in [7, 11) is 0. The lowest BCUT2D eigenvalue weighted by molar-refractivity contribution is 0.875. The van der Waals surface area contributed by atoms with Crippen molar-refractivity contribution in [2.45, 2.75) is 53.4 Å². The molecule has 4 heteroatoms. The normalized spacial score (nSPS) is 11.4. The standard InChI is InChI=1S/C62H50N4/c1-39(2)52-36-59(65(55-24-16-14-22-47(55)38-63)57-34-45(28-26-41(57)5)43-18-10-8-11-19-43)50-32-30-49-53(40(3)4)37-60(51-33-31-48(52)61(50)62(49)51)66(56-25-17-15-23-54(56)64-7)58-35-46(29-27-42(58)6)44-20-12-9-13-21-44/h8-37,39-40H,1-6H3. The molecule has 0 saturated heterocycles. The van der Waals surface area contributed by atoms with Crippen LogP contribution in [0.25, 0.3) is 59.4 Å². The first-order valence-electron chi connectivity index (χ1n) is 22.8. The topological polar surface area (TPSA) is 34.6 Å². The first-order chi connectivity index (χ1) is 32.2. The van der Waals surface area contributed by atoms with Crippen LogP contribution in [0.3, 0.4) is 0 Å². The fraction of sp³-hybridized carbons (Fsp3) is 0.129. The zero-order valence-corrected chi connectivity index (χ0v) is 38.3. The van der Waals surface area contributed by atoms with E-state index in [1.807, 2.05) is 42.5 Å². The number of anilines is 6. The number of rotatable bonds is 10. The largest absolute Gasteiger partial charge is 0.319 e. The molecule has 0 aliphatic carbocycles. The number of para-hydroxylation sites is 3. The van der Waals surface area contributed by atoms with Gasteiger partial charge in [-0.25, -0.2) is 4.85 Å². The number of benzene rings is 10. The van der Waals surface area contributed by atoms with Crippen LogP contribution in [0.1, 0.15) is 67.3 Å². The minimum Gasteiger partial charge on any atom is -0.319 e. The lowest BCUT2D eigenvalue weighted by Crippen LogP contribution is -2.15. The number of aryl methyl sites for hydroxylation is 2. The van der Waals surface area contributed by atoms with Gasteiger partial charge in [0.2, 0.25) is 5.69 Å². The van der Waals surface area contributed by atoms with Crippen LogP contribution in [0.5, 0.6) is 0 Å². The highest BCUT2D eigenvalue weighted by molar-refractivity contribution is 6.29. The van der Waals surface area contributed by atoms with Gasteiger partial charge in [-0.2, -0.15) is 5.26 Å². The Morgan fingerprint density at radius 1 is 0.424 bits per heavy atom. The zero-order chi connectivity index (χ0) is 45.6. The number of hydrogen-bond donors (Lipinski definition) is 0. The average Bonchev–Trinajstić information content (AvgIpc) is 3.35. The minimum absolute atomic E-state index is 0.188. The molecule has 4 nitrogen and oxygen atoms in total. The Balaban J connectivity index is 1.34. The third-order valence-electron chi connectivity index (χ3n) is 13.3. The predicted octanol–water partition coefficient (Wildman–Crippen LogP) is 18.1. The monoisotopic (exact) mass is 850 g/mol. The summed E-state index contributed by atoms with van der Waals surface area (Å²) in [6.07, 6.45) is 0. The average molecular weight is 851 g/mol. The second-order valence-electron chi connectivity index (χ2n) is 18.0. The van der Waals surface area contributed by atoms with Gasteiger partial charge >= 0.3 is 0 Å². The lowest BCUT2D eigenvalue weighted by atomic mass is 9.83. The molecule has 0 atom stereocenters. The van der Waals surface area contributed by atoms with Crippen molar-refractivity contribution < 1.29 is 0 Å². The molecule has 0 heterocycles. The van der Waals surface area contributed by atoms with Crippen LogP contribution < -0.4 is 9.80 Å². The van der Waals surface area contributed by atoms with Crippen molar-refractivity contribution in [1.29, 1.82) is 5.26 Å². The van der Waals surface area contributed by atoms with Crippen molar-refractivity contribution in [3.05, 3.63) is 221 Å². The maximum Gasteiger partial charge on any atom is 0.210 e. The second kappa shape index (κ2) is 17.1. The molecule has 0 spiro atoms. The van der Waals surface area contributed by atoms with E-state index in [1.165, 1.54) is 32.7 Å². The molecular weight excluding hydrogens is 801 g/mol. The molecular formula is C62H50N4. The van der Waals surface area contributed by atoms with Crippen LogP contribution in [0.4, 0.5) is 39.8 Å². The van der Waals surface area contributed by atoms with E-state index in [0.717, 1.165) is 78.3 Å². The molecule has 318 valence electrons. The van der Waals surface area contributed by atoms with Crippen molar-refractivity contribution in [3.8, 4) is 28.3 Å². The highest BCUT2D eigenvalue weighted by Gasteiger charge is 2.28. The first-order valence-corrected chi connectivity index (χ1v) is 22.8. The van der Waals surface area contributed by atoms with Crippen LogP contribution in [-0.2, 0) is 0 Å². The molecule has 10 aromatic rings. The van der Waals surface area contributed by atoms with E-state index in [4.69, 9.17) is 6.57 Å². The fourth-order valence-corrected chi connectivity index (χ4v) is 9.94. The third-order valence-corrected chi connectivity index (χ3v) is 13.3. The molecule has 0 N–H and O–H groups in total. The Hall–Kier alpha value is -8.18. The van der Waals surface area contributed by atoms with Gasteiger partial charge in [-0.3, -0.25) is 0 Å². The molecule has 0 bridgehead atoms. The fourth-order valence-electron chi connectivity index (χ4n) is 9.94. The molecule has 0 saturated carbocycles. The van der Waals surface area contributed by atoms with E-state index in [2.05, 4.69) is 202 Å². The Labute approximate surface area is 388 Å². The quantitative estimate of drug-likeness (QED) is 0.102. The van der Waals surface area contributed by atoms with Gasteiger partial charge in [0.05, 0.1) is 34.9 Å². The van der Waals surface area contributed by atoms with Crippen molar-refractivity contribution in [1.82, 2.24) is 0 Å². The van der Waals surface area contributed by atoms with Crippen LogP contribution >= 0.6 is 0 Å². The van der Waals surface area contributed by atoms with Crippen LogP contribution in [0.2, 0.25) is 0 Å². The molecule has 0 aromatic heterocycles. The minimum atomic E-state index is 0.188. The lowest BCUT2D eigenvalue weighted by Gasteiger charge is -2.33. The van der Waals surface area contributed by atoms with Crippen molar-refractivity contribution in [2.75, 3.05) is 9.80 Å². The van der Waals surface area contributed by atoms with Crippen molar-refractivity contribution in [3.63, 3.8) is 0 Å². The smallest absolute Gasteiger partial charge is 0.210 e. The SMILES string of the molecule is [C-]#[N+]c1ccccc1N(c1cc(-c2ccccc2)ccc1C)c1cc(C(C)C)c2ccc3c(N(c4cc(-c5ccccc5)ccc4C)c4ccccc4C#N)cc(C(C)C)c4ccc1c2c43. The van der Waals surface area contributed by atoms with Crippen molar-refractivity contribution >= 4 is 72.1 Å². The molecule has 0 amide bonds. The van der Waals surface area contributed by atoms with E-state index in [-0.39, 0.29) is 11.8 Å². The second-order valence-corrected chi connectivity index (χ2v) is 18.0. The molecule has 66 heavy (non-hydrogen) atoms. The summed E-state index contributed by atoms with van der Waals surface area (Å²) in [5.74, 6) is 0.377. The third kappa shape index (κ3) is 7.09. The highest BCUT2D eigenvalue weighted by atomic mass is 15.2. The number of nitrogens with zero attached hydrogens (tertiary/aromatic N) is 4. The van der Waals surface area contributed by atoms with Crippen LogP contribution in [0.15, 0.2) is 182 Å². The predicted molar refractivity (Wildman–Crippen MR) is 279 cm³/mol. The highest BCUT2D eigenvalue weighted by Crippen LogP contribution is 2.53. The Morgan fingerprint density at radius 3 is 1.32 bits per heavy atom. The number of hydrogen-bond acceptors (Lipinski definition) is 3. The van der Waals surface area contributed by atoms with Gasteiger partial charge in [0.1, 0.15) is 6.07 Å². The summed E-state index contributed by atoms with van der Waals surface area (Å²) in [4.78, 5) is 8.79. The molecule has 0 aliphatic rings. The molecule has 0 aliphatic heterocycles. The van der Waals surface area contributed by atoms with Gasteiger partial charge in [0.25, 0.3) is 0 Å². The molecule has 0 unspecified atom stereocenters. The molecule has 10 rings (SSSR count). The van der Waals surface area contributed by atoms with Gasteiger partial charge in [-0.15, -0.1) is 0 Å². The Kier molecular flexibility index (Phi) is 10.8. The maximum absolute atomic E-state index is 10.7. The van der Waals surface area contributed by atoms with E-state index in [9.17, 15) is 5.26 Å². The summed E-state index contributed by atoms with van der Waals surface area (Å²) in [5, 5.41) is 17.8. The summed E-state index contributed by atoms with van der Waals surface area (Å²) < 4.78 is 0. The van der Waals surface area contributed by atoms with Gasteiger partial charge in [-0.1, -0.05) is 167 Å². The van der Waals surface area contributed by atoms with Crippen LogP contribution in [0, 0.1) is 31.8 Å². The number of nitriles is 1. The van der Waals surface area contributed by atoms with Gasteiger partial charge in [-0.05, 0) is 134 Å². The zero-order valence-electron chi connectivity index (χ0n) is 38.3. The van der Waals surface area contributed by atoms with E-state index < -0.39 is 0 Å². The maximum atomic E-state index is 10.7. The van der Waals surface area contributed by atoms with E-state index >= 15 is 0 Å². The van der Waals surface area contributed by atoms with E-state index in [0.29, 0.717) is 11.3 Å². The molecule has 0 radical (unpaired) electrons. The van der Waals surface area contributed by atoms with Crippen LogP contribution in [-0.4, -0.2) is 0 Å². The first kappa shape index (κ1) is 41.8. The van der Waals surface area contributed by atoms with Gasteiger partial charge in [0.15, 0.2) is 0 Å². The van der Waals surface area contributed by atoms with Crippen molar-refractivity contribution in [2.24, 2.45) is 0 Å². The van der Waals surface area contributed by atoms with Gasteiger partial charge < -0.3 is 9.80 Å². The molecule has 10 aromatic carbocycles. The summed E-state index contributed by atoms with van der Waals surface area (Å²) in [6, 6.07) is 66.9. The van der Waals surface area contributed by atoms with Gasteiger partial charge in [0, 0.05) is 22.1 Å².